The fraction of sp³-hybridized carbons (Fsp3) is 0.947. The monoisotopic (exact) mass is 481 g/mol. The third kappa shape index (κ3) is 5.02. The number of ether oxygens (including phenoxy) is 3. The topological polar surface area (TPSA) is 64.1 Å². The van der Waals surface area contributed by atoms with Crippen LogP contribution in [0.5, 0.6) is 0 Å². The lowest BCUT2D eigenvalue weighted by Crippen LogP contribution is -2.69. The Labute approximate surface area is 175 Å². The molecule has 3 aliphatic rings. The van der Waals surface area contributed by atoms with Crippen LogP contribution in [0.25, 0.3) is 0 Å². The summed E-state index contributed by atoms with van der Waals surface area (Å²) in [5, 5.41) is 7.18. The number of nitrogens with one attached hydrogen (secondary N) is 2. The molecule has 0 amide bonds. The van der Waals surface area contributed by atoms with Gasteiger partial charge in [0.25, 0.3) is 0 Å². The molecule has 1 spiro atoms. The zero-order chi connectivity index (χ0) is 17.7. The van der Waals surface area contributed by atoms with Crippen LogP contribution in [0.1, 0.15) is 52.9 Å². The van der Waals surface area contributed by atoms with Crippen LogP contribution in [0.4, 0.5) is 0 Å². The molecule has 152 valence electrons. The maximum absolute atomic E-state index is 5.95. The van der Waals surface area contributed by atoms with Crippen LogP contribution < -0.4 is 10.6 Å². The first kappa shape index (κ1) is 22.2. The van der Waals surface area contributed by atoms with Crippen LogP contribution in [-0.2, 0) is 14.2 Å². The summed E-state index contributed by atoms with van der Waals surface area (Å²) in [6.45, 7) is 10.1. The molecule has 0 aromatic heterocycles. The second kappa shape index (κ2) is 10.4. The Bertz CT molecular complexity index is 453. The molecule has 0 aromatic carbocycles. The van der Waals surface area contributed by atoms with Crippen molar-refractivity contribution in [3.63, 3.8) is 0 Å². The number of hydrogen-bond acceptors (Lipinski definition) is 4. The highest BCUT2D eigenvalue weighted by atomic mass is 127. The molecule has 0 aromatic rings. The van der Waals surface area contributed by atoms with E-state index in [-0.39, 0.29) is 36.1 Å². The van der Waals surface area contributed by atoms with Gasteiger partial charge in [-0.25, -0.2) is 0 Å². The summed E-state index contributed by atoms with van der Waals surface area (Å²) in [7, 11) is 0. The predicted octanol–water partition coefficient (Wildman–Crippen LogP) is 2.70. The van der Waals surface area contributed by atoms with Crippen LogP contribution in [0.15, 0.2) is 4.99 Å². The molecule has 0 bridgehead atoms. The smallest absolute Gasteiger partial charge is 0.191 e. The van der Waals surface area contributed by atoms with Crippen molar-refractivity contribution in [2.45, 2.75) is 77.2 Å². The minimum absolute atomic E-state index is 0. The molecule has 3 fully saturated rings. The van der Waals surface area contributed by atoms with E-state index in [4.69, 9.17) is 14.2 Å². The average molecular weight is 481 g/mol. The highest BCUT2D eigenvalue weighted by Crippen LogP contribution is 2.57. The Kier molecular flexibility index (Phi) is 8.90. The van der Waals surface area contributed by atoms with Crippen molar-refractivity contribution in [1.82, 2.24) is 10.6 Å². The van der Waals surface area contributed by atoms with Gasteiger partial charge in [0.05, 0.1) is 25.4 Å². The molecule has 4 unspecified atom stereocenters. The Hall–Kier alpha value is -0.120. The number of aliphatic imine (C=N–C) groups is 1. The van der Waals surface area contributed by atoms with E-state index in [1.165, 1.54) is 19.3 Å². The maximum atomic E-state index is 5.95. The van der Waals surface area contributed by atoms with Gasteiger partial charge in [0.2, 0.25) is 0 Å². The summed E-state index contributed by atoms with van der Waals surface area (Å²) in [5.74, 6) is 0.910. The van der Waals surface area contributed by atoms with Crippen molar-refractivity contribution in [2.24, 2.45) is 10.4 Å². The van der Waals surface area contributed by atoms with Crippen LogP contribution in [0, 0.1) is 5.41 Å². The van der Waals surface area contributed by atoms with E-state index in [0.717, 1.165) is 45.2 Å². The van der Waals surface area contributed by atoms with E-state index in [1.54, 1.807) is 0 Å². The SMILES string of the molecule is CCN=C(NC(C)COC1CCOC1)NC1CC(OCC)C12CCC2.I. The number of rotatable bonds is 8. The molecular weight excluding hydrogens is 445 g/mol. The Morgan fingerprint density at radius 1 is 1.31 bits per heavy atom. The minimum Gasteiger partial charge on any atom is -0.379 e. The summed E-state index contributed by atoms with van der Waals surface area (Å²) in [6.07, 6.45) is 6.63. The van der Waals surface area contributed by atoms with Crippen molar-refractivity contribution >= 4 is 29.9 Å². The van der Waals surface area contributed by atoms with Crippen LogP contribution in [0.2, 0.25) is 0 Å². The van der Waals surface area contributed by atoms with Crippen LogP contribution in [0.3, 0.4) is 0 Å². The van der Waals surface area contributed by atoms with Crippen molar-refractivity contribution in [1.29, 1.82) is 0 Å². The normalized spacial score (nSPS) is 30.9. The molecule has 1 aliphatic heterocycles. The van der Waals surface area contributed by atoms with Gasteiger partial charge in [0.1, 0.15) is 0 Å². The molecule has 4 atom stereocenters. The molecule has 1 heterocycles. The molecule has 2 N–H and O–H groups in total. The molecule has 2 saturated carbocycles. The van der Waals surface area contributed by atoms with Crippen molar-refractivity contribution in [3.05, 3.63) is 0 Å². The van der Waals surface area contributed by atoms with Gasteiger partial charge in [0, 0.05) is 37.3 Å². The summed E-state index contributed by atoms with van der Waals surface area (Å²) in [6, 6.07) is 0.699. The number of hydrogen-bond donors (Lipinski definition) is 2. The third-order valence-electron chi connectivity index (χ3n) is 5.92. The van der Waals surface area contributed by atoms with E-state index in [9.17, 15) is 0 Å². The van der Waals surface area contributed by atoms with E-state index < -0.39 is 0 Å². The lowest BCUT2D eigenvalue weighted by atomic mass is 9.51. The standard InChI is InChI=1S/C19H35N3O3.HI/c1-4-20-18(21-14(3)12-25-15-7-10-23-13-15)22-16-11-17(24-5-2)19(16)8-6-9-19;/h14-17H,4-13H2,1-3H3,(H2,20,21,22);1H. The lowest BCUT2D eigenvalue weighted by molar-refractivity contribution is -0.168. The van der Waals surface area contributed by atoms with Crippen molar-refractivity contribution in [2.75, 3.05) is 33.0 Å². The van der Waals surface area contributed by atoms with Crippen LogP contribution >= 0.6 is 24.0 Å². The largest absolute Gasteiger partial charge is 0.379 e. The fourth-order valence-corrected chi connectivity index (χ4v) is 4.30. The lowest BCUT2D eigenvalue weighted by Gasteiger charge is -2.61. The molecule has 3 rings (SSSR count). The summed E-state index contributed by atoms with van der Waals surface area (Å²) < 4.78 is 17.2. The quantitative estimate of drug-likeness (QED) is 0.317. The van der Waals surface area contributed by atoms with E-state index in [0.29, 0.717) is 24.2 Å². The average Bonchev–Trinajstić information content (AvgIpc) is 3.04. The third-order valence-corrected chi connectivity index (χ3v) is 5.92. The zero-order valence-corrected chi connectivity index (χ0v) is 18.8. The Morgan fingerprint density at radius 3 is 2.69 bits per heavy atom. The zero-order valence-electron chi connectivity index (χ0n) is 16.5. The summed E-state index contributed by atoms with van der Waals surface area (Å²) >= 11 is 0. The summed E-state index contributed by atoms with van der Waals surface area (Å²) in [5.41, 5.74) is 0.340. The van der Waals surface area contributed by atoms with Gasteiger partial charge in [-0.15, -0.1) is 24.0 Å². The van der Waals surface area contributed by atoms with Crippen LogP contribution in [-0.4, -0.2) is 63.2 Å². The Morgan fingerprint density at radius 2 is 2.12 bits per heavy atom. The predicted molar refractivity (Wildman–Crippen MR) is 114 cm³/mol. The number of nitrogens with zero attached hydrogens (tertiary/aromatic N) is 1. The summed E-state index contributed by atoms with van der Waals surface area (Å²) in [4.78, 5) is 4.63. The van der Waals surface area contributed by atoms with Crippen molar-refractivity contribution in [3.8, 4) is 0 Å². The molecule has 1 saturated heterocycles. The maximum Gasteiger partial charge on any atom is 0.191 e. The van der Waals surface area contributed by atoms with E-state index in [2.05, 4.69) is 36.4 Å². The Balaban J connectivity index is 0.00000243. The number of halogens is 1. The second-order valence-corrected chi connectivity index (χ2v) is 7.65. The highest BCUT2D eigenvalue weighted by Gasteiger charge is 2.59. The van der Waals surface area contributed by atoms with Gasteiger partial charge >= 0.3 is 0 Å². The molecule has 2 aliphatic carbocycles. The van der Waals surface area contributed by atoms with Gasteiger partial charge in [-0.2, -0.15) is 0 Å². The van der Waals surface area contributed by atoms with Gasteiger partial charge in [-0.3, -0.25) is 4.99 Å². The molecular formula is C19H36IN3O3. The minimum atomic E-state index is 0. The van der Waals surface area contributed by atoms with E-state index >= 15 is 0 Å². The van der Waals surface area contributed by atoms with Gasteiger partial charge in [-0.05, 0) is 46.5 Å². The molecule has 7 heteroatoms. The molecule has 26 heavy (non-hydrogen) atoms. The van der Waals surface area contributed by atoms with Gasteiger partial charge in [0.15, 0.2) is 5.96 Å². The van der Waals surface area contributed by atoms with E-state index in [1.807, 2.05) is 0 Å². The number of guanidine groups is 1. The first-order chi connectivity index (χ1) is 12.2. The fourth-order valence-electron chi connectivity index (χ4n) is 4.30. The second-order valence-electron chi connectivity index (χ2n) is 7.65. The first-order valence-corrected chi connectivity index (χ1v) is 10.1. The highest BCUT2D eigenvalue weighted by molar-refractivity contribution is 14.0. The van der Waals surface area contributed by atoms with Crippen molar-refractivity contribution < 1.29 is 14.2 Å². The van der Waals surface area contributed by atoms with Gasteiger partial charge in [-0.1, -0.05) is 6.42 Å². The molecule has 6 nitrogen and oxygen atoms in total. The first-order valence-electron chi connectivity index (χ1n) is 10.1. The molecule has 0 radical (unpaired) electrons. The van der Waals surface area contributed by atoms with Gasteiger partial charge < -0.3 is 24.8 Å².